The molecule has 0 amide bonds. The van der Waals surface area contributed by atoms with E-state index in [2.05, 4.69) is 23.8 Å². The highest BCUT2D eigenvalue weighted by Crippen LogP contribution is 2.18. The van der Waals surface area contributed by atoms with E-state index in [0.717, 1.165) is 0 Å². The van der Waals surface area contributed by atoms with Crippen LogP contribution < -0.4 is 11.2 Å². The predicted molar refractivity (Wildman–Crippen MR) is 65.3 cm³/mol. The second kappa shape index (κ2) is 3.81. The number of imidazole rings is 1. The predicted octanol–water partition coefficient (Wildman–Crippen LogP) is 0.735. The van der Waals surface area contributed by atoms with Crippen LogP contribution in [0.5, 0.6) is 0 Å². The Hall–Kier alpha value is -1.52. The highest BCUT2D eigenvalue weighted by molar-refractivity contribution is 6.32. The van der Waals surface area contributed by atoms with E-state index in [0.29, 0.717) is 22.5 Å². The number of H-pyrrole nitrogens is 1. The number of nitrogens with zero attached hydrogens (tertiary/aromatic N) is 2. The van der Waals surface area contributed by atoms with Crippen LogP contribution in [0.15, 0.2) is 17.1 Å². The summed E-state index contributed by atoms with van der Waals surface area (Å²) in [4.78, 5) is 18.8. The van der Waals surface area contributed by atoms with Gasteiger partial charge in [-0.1, -0.05) is 19.3 Å². The Balaban J connectivity index is 2.70. The van der Waals surface area contributed by atoms with Crippen molar-refractivity contribution in [1.82, 2.24) is 14.5 Å². The number of aromatic amines is 1. The molecule has 0 saturated heterocycles. The molecule has 0 aliphatic rings. The molecule has 4 nitrogen and oxygen atoms in total. The summed E-state index contributed by atoms with van der Waals surface area (Å²) in [6.45, 7) is 6.16. The van der Waals surface area contributed by atoms with E-state index in [-0.39, 0.29) is 11.7 Å². The lowest BCUT2D eigenvalue weighted by Gasteiger charge is -2.16. The Bertz CT molecular complexity index is 570. The van der Waals surface area contributed by atoms with Crippen molar-refractivity contribution in [1.29, 1.82) is 0 Å². The minimum atomic E-state index is -0.130. The first-order valence-corrected chi connectivity index (χ1v) is 5.36. The van der Waals surface area contributed by atoms with Crippen molar-refractivity contribution in [2.45, 2.75) is 26.8 Å². The normalized spacial score (nSPS) is 13.5. The van der Waals surface area contributed by atoms with Crippen molar-refractivity contribution in [3.63, 3.8) is 0 Å². The largest absolute Gasteiger partial charge is 0.327 e. The first-order chi connectivity index (χ1) is 7.50. The zero-order valence-electron chi connectivity index (χ0n) is 9.69. The van der Waals surface area contributed by atoms with Crippen LogP contribution in [-0.2, 0) is 0 Å². The van der Waals surface area contributed by atoms with Gasteiger partial charge in [-0.2, -0.15) is 0 Å². The van der Waals surface area contributed by atoms with Gasteiger partial charge in [0.2, 0.25) is 0 Å². The van der Waals surface area contributed by atoms with Gasteiger partial charge < -0.3 is 4.98 Å². The van der Waals surface area contributed by atoms with Crippen molar-refractivity contribution in [2.75, 3.05) is 0 Å². The zero-order chi connectivity index (χ0) is 11.9. The van der Waals surface area contributed by atoms with Gasteiger partial charge in [0.15, 0.2) is 5.65 Å². The highest BCUT2D eigenvalue weighted by Gasteiger charge is 2.16. The third kappa shape index (κ3) is 1.66. The summed E-state index contributed by atoms with van der Waals surface area (Å²) in [5, 5.41) is 0. The maximum absolute atomic E-state index is 11.8. The average molecular weight is 215 g/mol. The molecule has 0 aromatic carbocycles. The number of nitrogens with one attached hydrogen (secondary N) is 1. The monoisotopic (exact) mass is 215 g/mol. The van der Waals surface area contributed by atoms with E-state index < -0.39 is 0 Å². The smallest absolute Gasteiger partial charge is 0.304 e. The lowest BCUT2D eigenvalue weighted by atomic mass is 9.99. The maximum atomic E-state index is 11.8. The van der Waals surface area contributed by atoms with Crippen LogP contribution in [0, 0.1) is 5.92 Å². The van der Waals surface area contributed by atoms with Gasteiger partial charge >= 0.3 is 5.69 Å². The van der Waals surface area contributed by atoms with Crippen molar-refractivity contribution in [3.8, 4) is 0 Å². The van der Waals surface area contributed by atoms with Gasteiger partial charge in [0, 0.05) is 12.2 Å². The summed E-state index contributed by atoms with van der Waals surface area (Å²) in [5.74, 6) is 0.371. The molecule has 2 rings (SSSR count). The lowest BCUT2D eigenvalue weighted by molar-refractivity contribution is 0.406. The van der Waals surface area contributed by atoms with Crippen LogP contribution in [0.3, 0.4) is 0 Å². The van der Waals surface area contributed by atoms with Crippen molar-refractivity contribution in [2.24, 2.45) is 5.92 Å². The molecule has 0 aliphatic heterocycles. The molecular formula is C11H14BN3O. The van der Waals surface area contributed by atoms with Gasteiger partial charge in [0.25, 0.3) is 0 Å². The Morgan fingerprint density at radius 1 is 1.44 bits per heavy atom. The Labute approximate surface area is 95.1 Å². The number of hydrogen-bond donors (Lipinski definition) is 1. The van der Waals surface area contributed by atoms with Crippen LogP contribution in [-0.4, -0.2) is 22.4 Å². The van der Waals surface area contributed by atoms with Crippen molar-refractivity contribution >= 4 is 24.5 Å². The Morgan fingerprint density at radius 3 is 2.75 bits per heavy atom. The van der Waals surface area contributed by atoms with Crippen LogP contribution in [0.25, 0.3) is 11.2 Å². The van der Waals surface area contributed by atoms with Crippen LogP contribution in [0.2, 0.25) is 0 Å². The number of hydrogen-bond acceptors (Lipinski definition) is 2. The minimum absolute atomic E-state index is 0.109. The summed E-state index contributed by atoms with van der Waals surface area (Å²) in [7, 11) is 5.63. The van der Waals surface area contributed by atoms with Crippen LogP contribution >= 0.6 is 0 Å². The second-order valence-electron chi connectivity index (χ2n) is 4.42. The molecule has 2 radical (unpaired) electrons. The van der Waals surface area contributed by atoms with Gasteiger partial charge in [-0.25, -0.2) is 9.78 Å². The summed E-state index contributed by atoms with van der Waals surface area (Å²) < 4.78 is 1.68. The molecule has 16 heavy (non-hydrogen) atoms. The standard InChI is InChI=1S/C11H14BN3O/c1-6(2)7(3)15-10-9(14-11(15)16)4-8(12)5-13-10/h4-7H,1-3H3,(H,14,16). The van der Waals surface area contributed by atoms with Gasteiger partial charge in [-0.3, -0.25) is 4.57 Å². The molecule has 82 valence electrons. The van der Waals surface area contributed by atoms with Gasteiger partial charge in [-0.15, -0.1) is 0 Å². The number of aromatic nitrogens is 3. The number of fused-ring (bicyclic) bond motifs is 1. The van der Waals surface area contributed by atoms with E-state index in [1.165, 1.54) is 0 Å². The minimum Gasteiger partial charge on any atom is -0.304 e. The molecule has 0 bridgehead atoms. The SMILES string of the molecule is [B]c1cnc2c(c1)[nH]c(=O)n2C(C)C(C)C. The quantitative estimate of drug-likeness (QED) is 0.751. The fraction of sp³-hybridized carbons (Fsp3) is 0.455. The van der Waals surface area contributed by atoms with E-state index in [1.54, 1.807) is 16.8 Å². The lowest BCUT2D eigenvalue weighted by Crippen LogP contribution is -2.24. The average Bonchev–Trinajstić information content (AvgIpc) is 2.51. The van der Waals surface area contributed by atoms with E-state index in [9.17, 15) is 4.79 Å². The fourth-order valence-electron chi connectivity index (χ4n) is 1.71. The summed E-state index contributed by atoms with van der Waals surface area (Å²) >= 11 is 0. The van der Waals surface area contributed by atoms with Crippen molar-refractivity contribution in [3.05, 3.63) is 22.7 Å². The molecular weight excluding hydrogens is 201 g/mol. The molecule has 0 spiro atoms. The van der Waals surface area contributed by atoms with Gasteiger partial charge in [-0.05, 0) is 18.9 Å². The molecule has 2 aromatic heterocycles. The molecule has 0 fully saturated rings. The molecule has 5 heteroatoms. The molecule has 0 aliphatic carbocycles. The fourth-order valence-corrected chi connectivity index (χ4v) is 1.71. The second-order valence-corrected chi connectivity index (χ2v) is 4.42. The molecule has 1 N–H and O–H groups in total. The molecule has 1 atom stereocenters. The first-order valence-electron chi connectivity index (χ1n) is 5.36. The van der Waals surface area contributed by atoms with Gasteiger partial charge in [0.1, 0.15) is 7.85 Å². The first kappa shape index (κ1) is 11.0. The maximum Gasteiger partial charge on any atom is 0.327 e. The number of rotatable bonds is 2. The molecule has 2 heterocycles. The van der Waals surface area contributed by atoms with Gasteiger partial charge in [0.05, 0.1) is 5.52 Å². The highest BCUT2D eigenvalue weighted by atomic mass is 16.1. The summed E-state index contributed by atoms with van der Waals surface area (Å²) in [6.07, 6.45) is 1.57. The summed E-state index contributed by atoms with van der Waals surface area (Å²) in [6, 6.07) is 1.84. The zero-order valence-corrected chi connectivity index (χ0v) is 9.69. The van der Waals surface area contributed by atoms with E-state index in [1.807, 2.05) is 6.92 Å². The molecule has 2 aromatic rings. The molecule has 0 saturated carbocycles. The van der Waals surface area contributed by atoms with Crippen LogP contribution in [0.1, 0.15) is 26.8 Å². The Morgan fingerprint density at radius 2 is 2.12 bits per heavy atom. The molecule has 1 unspecified atom stereocenters. The third-order valence-electron chi connectivity index (χ3n) is 2.95. The van der Waals surface area contributed by atoms with Crippen molar-refractivity contribution < 1.29 is 0 Å². The summed E-state index contributed by atoms with van der Waals surface area (Å²) in [5.41, 5.74) is 1.78. The van der Waals surface area contributed by atoms with E-state index >= 15 is 0 Å². The van der Waals surface area contributed by atoms with E-state index in [4.69, 9.17) is 7.85 Å². The third-order valence-corrected chi connectivity index (χ3v) is 2.95. The van der Waals surface area contributed by atoms with Crippen LogP contribution in [0.4, 0.5) is 0 Å². The number of pyridine rings is 1. The Kier molecular flexibility index (Phi) is 2.62. The topological polar surface area (TPSA) is 50.7 Å².